The van der Waals surface area contributed by atoms with E-state index in [4.69, 9.17) is 9.72 Å². The fourth-order valence-electron chi connectivity index (χ4n) is 5.26. The highest BCUT2D eigenvalue weighted by molar-refractivity contribution is 5.95. The lowest BCUT2D eigenvalue weighted by Gasteiger charge is -2.40. The summed E-state index contributed by atoms with van der Waals surface area (Å²) in [5.74, 6) is 1.20. The number of amides is 1. The first-order chi connectivity index (χ1) is 19.4. The average Bonchev–Trinajstić information content (AvgIpc) is 3.35. The highest BCUT2D eigenvalue weighted by atomic mass is 16.5. The molecule has 1 unspecified atom stereocenters. The molecule has 206 valence electrons. The molecule has 0 spiro atoms. The SMILES string of the molecule is CCC1(C(=O)Nc2ccccc2)CCN(c2ccc(-c3cccn4nc(OCCC(C)O)c(C#N)c34)cn2)CC1. The zero-order valence-electron chi connectivity index (χ0n) is 22.9. The van der Waals surface area contributed by atoms with E-state index >= 15 is 0 Å². The minimum atomic E-state index is -0.493. The average molecular weight is 539 g/mol. The maximum Gasteiger partial charge on any atom is 0.252 e. The van der Waals surface area contributed by atoms with Crippen LogP contribution in [0.2, 0.25) is 0 Å². The summed E-state index contributed by atoms with van der Waals surface area (Å²) in [4.78, 5) is 20.2. The van der Waals surface area contributed by atoms with Gasteiger partial charge in [0.2, 0.25) is 5.91 Å². The van der Waals surface area contributed by atoms with Gasteiger partial charge in [-0.15, -0.1) is 5.10 Å². The van der Waals surface area contributed by atoms with Crippen molar-refractivity contribution in [1.29, 1.82) is 5.26 Å². The van der Waals surface area contributed by atoms with Crippen molar-refractivity contribution in [3.8, 4) is 23.1 Å². The van der Waals surface area contributed by atoms with E-state index in [2.05, 4.69) is 28.3 Å². The number of carbonyl (C=O) groups is 1. The van der Waals surface area contributed by atoms with E-state index in [1.807, 2.05) is 60.8 Å². The van der Waals surface area contributed by atoms with Gasteiger partial charge in [0, 0.05) is 48.7 Å². The van der Waals surface area contributed by atoms with E-state index in [0.717, 1.165) is 55.0 Å². The molecule has 0 aliphatic carbocycles. The number of hydrogen-bond acceptors (Lipinski definition) is 7. The topological polar surface area (TPSA) is 116 Å². The summed E-state index contributed by atoms with van der Waals surface area (Å²) >= 11 is 0. The predicted molar refractivity (Wildman–Crippen MR) is 154 cm³/mol. The van der Waals surface area contributed by atoms with Gasteiger partial charge in [0.1, 0.15) is 17.5 Å². The van der Waals surface area contributed by atoms with Gasteiger partial charge in [0.05, 0.1) is 23.6 Å². The van der Waals surface area contributed by atoms with Crippen LogP contribution in [0.4, 0.5) is 11.5 Å². The number of nitriles is 1. The van der Waals surface area contributed by atoms with Gasteiger partial charge in [-0.25, -0.2) is 9.50 Å². The van der Waals surface area contributed by atoms with E-state index in [1.165, 1.54) is 0 Å². The molecule has 0 bridgehead atoms. The lowest BCUT2D eigenvalue weighted by Crippen LogP contribution is -2.46. The molecule has 1 fully saturated rings. The van der Waals surface area contributed by atoms with E-state index in [1.54, 1.807) is 17.6 Å². The Morgan fingerprint density at radius 2 is 1.95 bits per heavy atom. The minimum absolute atomic E-state index is 0.0839. The Bertz CT molecular complexity index is 1500. The molecule has 2 N–H and O–H groups in total. The number of fused-ring (bicyclic) bond motifs is 1. The largest absolute Gasteiger partial charge is 0.476 e. The molecule has 0 radical (unpaired) electrons. The van der Waals surface area contributed by atoms with Crippen LogP contribution in [0.5, 0.6) is 5.88 Å². The molecule has 1 amide bonds. The monoisotopic (exact) mass is 538 g/mol. The lowest BCUT2D eigenvalue weighted by molar-refractivity contribution is -0.127. The van der Waals surface area contributed by atoms with Crippen LogP contribution in [0, 0.1) is 16.7 Å². The van der Waals surface area contributed by atoms with Crippen molar-refractivity contribution in [3.63, 3.8) is 0 Å². The summed E-state index contributed by atoms with van der Waals surface area (Å²) in [6.07, 6.45) is 5.85. The normalized spacial score (nSPS) is 15.4. The predicted octanol–water partition coefficient (Wildman–Crippen LogP) is 5.05. The van der Waals surface area contributed by atoms with Crippen molar-refractivity contribution in [3.05, 3.63) is 72.6 Å². The molecule has 4 heterocycles. The molecular formula is C31H34N6O3. The standard InChI is InChI=1S/C31H34N6O3/c1-3-31(30(39)34-24-8-5-4-6-9-24)14-17-36(18-15-31)27-12-11-23(21-33-27)25-10-7-16-37-28(25)26(20-32)29(35-37)40-19-13-22(2)38/h4-12,16,21-22,38H,3,13-15,17-19H2,1-2H3,(H,34,39). The molecule has 3 aromatic heterocycles. The lowest BCUT2D eigenvalue weighted by atomic mass is 9.75. The molecule has 0 saturated carbocycles. The molecule has 1 aliphatic rings. The van der Waals surface area contributed by atoms with Crippen LogP contribution >= 0.6 is 0 Å². The second kappa shape index (κ2) is 11.8. The van der Waals surface area contributed by atoms with Crippen LogP contribution in [-0.4, -0.2) is 51.4 Å². The van der Waals surface area contributed by atoms with E-state index in [0.29, 0.717) is 17.5 Å². The summed E-state index contributed by atoms with van der Waals surface area (Å²) in [5.41, 5.74) is 3.13. The third-order valence-electron chi connectivity index (χ3n) is 7.80. The Morgan fingerprint density at radius 1 is 1.18 bits per heavy atom. The highest BCUT2D eigenvalue weighted by Crippen LogP contribution is 2.38. The van der Waals surface area contributed by atoms with Gasteiger partial charge in [0.15, 0.2) is 0 Å². The number of aromatic nitrogens is 3. The minimum Gasteiger partial charge on any atom is -0.476 e. The fraction of sp³-hybridized carbons (Fsp3) is 0.355. The number of benzene rings is 1. The van der Waals surface area contributed by atoms with Gasteiger partial charge >= 0.3 is 0 Å². The van der Waals surface area contributed by atoms with Crippen LogP contribution < -0.4 is 15.0 Å². The number of aliphatic hydroxyl groups is 1. The molecule has 1 atom stereocenters. The summed E-state index contributed by atoms with van der Waals surface area (Å²) in [6.45, 7) is 5.53. The molecule has 9 heteroatoms. The highest BCUT2D eigenvalue weighted by Gasteiger charge is 2.40. The Labute approximate surface area is 234 Å². The first-order valence-corrected chi connectivity index (χ1v) is 13.7. The summed E-state index contributed by atoms with van der Waals surface area (Å²) in [7, 11) is 0. The third-order valence-corrected chi connectivity index (χ3v) is 7.80. The van der Waals surface area contributed by atoms with Crippen LogP contribution in [-0.2, 0) is 4.79 Å². The first kappa shape index (κ1) is 27.2. The van der Waals surface area contributed by atoms with Gasteiger partial charge in [-0.1, -0.05) is 31.2 Å². The number of aliphatic hydroxyl groups excluding tert-OH is 1. The fourth-order valence-corrected chi connectivity index (χ4v) is 5.26. The van der Waals surface area contributed by atoms with Gasteiger partial charge < -0.3 is 20.1 Å². The van der Waals surface area contributed by atoms with Crippen LogP contribution in [0.3, 0.4) is 0 Å². The number of rotatable bonds is 9. The number of ether oxygens (including phenoxy) is 1. The van der Waals surface area contributed by atoms with Crippen molar-refractivity contribution < 1.29 is 14.6 Å². The summed E-state index contributed by atoms with van der Waals surface area (Å²) in [5, 5.41) is 27.0. The van der Waals surface area contributed by atoms with Crippen LogP contribution in [0.15, 0.2) is 67.0 Å². The summed E-state index contributed by atoms with van der Waals surface area (Å²) in [6, 6.07) is 19.7. The molecule has 4 aromatic rings. The smallest absolute Gasteiger partial charge is 0.252 e. The number of nitrogens with one attached hydrogen (secondary N) is 1. The van der Waals surface area contributed by atoms with Crippen molar-refractivity contribution in [2.75, 3.05) is 29.9 Å². The summed E-state index contributed by atoms with van der Waals surface area (Å²) < 4.78 is 7.37. The number of nitrogens with zero attached hydrogens (tertiary/aromatic N) is 5. The van der Waals surface area contributed by atoms with Crippen LogP contribution in [0.1, 0.15) is 45.1 Å². The maximum atomic E-state index is 13.2. The molecule has 1 aromatic carbocycles. The number of piperidine rings is 1. The number of carbonyl (C=O) groups excluding carboxylic acids is 1. The molecule has 1 saturated heterocycles. The first-order valence-electron chi connectivity index (χ1n) is 13.7. The molecule has 5 rings (SSSR count). The second-order valence-electron chi connectivity index (χ2n) is 10.3. The van der Waals surface area contributed by atoms with Gasteiger partial charge in [0.25, 0.3) is 5.88 Å². The Morgan fingerprint density at radius 3 is 2.60 bits per heavy atom. The third kappa shape index (κ3) is 5.49. The maximum absolute atomic E-state index is 13.2. The number of hydrogen-bond donors (Lipinski definition) is 2. The number of pyridine rings is 2. The van der Waals surface area contributed by atoms with E-state index < -0.39 is 11.5 Å². The molecular weight excluding hydrogens is 504 g/mol. The molecule has 1 aliphatic heterocycles. The van der Waals surface area contributed by atoms with Gasteiger partial charge in [-0.2, -0.15) is 5.26 Å². The van der Waals surface area contributed by atoms with Crippen LogP contribution in [0.25, 0.3) is 16.6 Å². The second-order valence-corrected chi connectivity index (χ2v) is 10.3. The van der Waals surface area contributed by atoms with Crippen molar-refractivity contribution in [2.45, 2.75) is 45.6 Å². The zero-order chi connectivity index (χ0) is 28.1. The number of anilines is 2. The molecule has 40 heavy (non-hydrogen) atoms. The van der Waals surface area contributed by atoms with Gasteiger partial charge in [-0.3, -0.25) is 4.79 Å². The van der Waals surface area contributed by atoms with Gasteiger partial charge in [-0.05, 0) is 56.5 Å². The Hall–Kier alpha value is -4.42. The Balaban J connectivity index is 1.31. The quantitative estimate of drug-likeness (QED) is 0.306. The van der Waals surface area contributed by atoms with E-state index in [-0.39, 0.29) is 18.4 Å². The van der Waals surface area contributed by atoms with Crippen molar-refractivity contribution in [2.24, 2.45) is 5.41 Å². The number of para-hydroxylation sites is 1. The molecule has 9 nitrogen and oxygen atoms in total. The zero-order valence-corrected chi connectivity index (χ0v) is 22.9. The van der Waals surface area contributed by atoms with Crippen molar-refractivity contribution >= 4 is 22.9 Å². The Kier molecular flexibility index (Phi) is 7.99. The van der Waals surface area contributed by atoms with E-state index in [9.17, 15) is 15.2 Å². The van der Waals surface area contributed by atoms with Crippen molar-refractivity contribution in [1.82, 2.24) is 14.6 Å².